The minimum Gasteiger partial charge on any atom is -0.368 e. The van der Waals surface area contributed by atoms with Gasteiger partial charge < -0.3 is 5.32 Å². The van der Waals surface area contributed by atoms with Crippen LogP contribution in [0.5, 0.6) is 0 Å². The summed E-state index contributed by atoms with van der Waals surface area (Å²) in [5.41, 5.74) is 2.57. The molecule has 1 aliphatic rings. The summed E-state index contributed by atoms with van der Waals surface area (Å²) < 4.78 is 0.246. The van der Waals surface area contributed by atoms with E-state index < -0.39 is 0 Å². The van der Waals surface area contributed by atoms with Crippen molar-refractivity contribution in [1.29, 1.82) is 0 Å². The maximum atomic E-state index is 4.36. The summed E-state index contributed by atoms with van der Waals surface area (Å²) in [7, 11) is 0. The largest absolute Gasteiger partial charge is 0.368 e. The van der Waals surface area contributed by atoms with Crippen molar-refractivity contribution >= 4 is 17.6 Å². The molecular weight excluding hydrogens is 218 g/mol. The Bertz CT molecular complexity index is 377. The van der Waals surface area contributed by atoms with Crippen LogP contribution in [0.15, 0.2) is 6.33 Å². The normalized spacial score (nSPS) is 14.9. The number of anilines is 1. The molecule has 1 aromatic heterocycles. The summed E-state index contributed by atoms with van der Waals surface area (Å²) in [6.45, 7) is 5.43. The van der Waals surface area contributed by atoms with Crippen molar-refractivity contribution in [3.8, 4) is 0 Å². The lowest BCUT2D eigenvalue weighted by Gasteiger charge is -2.23. The SMILES string of the molecule is CSC(C)(C)CNc1ncnc2c1CCC2. The van der Waals surface area contributed by atoms with Crippen molar-refractivity contribution in [1.82, 2.24) is 9.97 Å². The molecule has 0 aromatic carbocycles. The number of fused-ring (bicyclic) bond motifs is 1. The highest BCUT2D eigenvalue weighted by Gasteiger charge is 2.20. The third-order valence-electron chi connectivity index (χ3n) is 3.11. The molecule has 0 unspecified atom stereocenters. The third kappa shape index (κ3) is 2.48. The Hall–Kier alpha value is -0.770. The Kier molecular flexibility index (Phi) is 3.38. The highest BCUT2D eigenvalue weighted by Crippen LogP contribution is 2.27. The number of thioether (sulfide) groups is 1. The minimum atomic E-state index is 0.246. The molecule has 0 saturated heterocycles. The van der Waals surface area contributed by atoms with E-state index >= 15 is 0 Å². The van der Waals surface area contributed by atoms with Crippen LogP contribution in [-0.4, -0.2) is 27.5 Å². The van der Waals surface area contributed by atoms with Crippen LogP contribution in [0, 0.1) is 0 Å². The molecule has 0 aliphatic heterocycles. The molecule has 0 saturated carbocycles. The maximum Gasteiger partial charge on any atom is 0.132 e. The lowest BCUT2D eigenvalue weighted by Crippen LogP contribution is -2.26. The van der Waals surface area contributed by atoms with E-state index in [1.807, 2.05) is 11.8 Å². The molecule has 0 amide bonds. The van der Waals surface area contributed by atoms with Crippen molar-refractivity contribution in [2.45, 2.75) is 37.9 Å². The fraction of sp³-hybridized carbons (Fsp3) is 0.667. The van der Waals surface area contributed by atoms with Crippen molar-refractivity contribution in [3.63, 3.8) is 0 Å². The third-order valence-corrected chi connectivity index (χ3v) is 4.36. The molecule has 0 spiro atoms. The standard InChI is InChI=1S/C12H19N3S/c1-12(2,16-3)7-13-11-9-5-4-6-10(9)14-8-15-11/h8H,4-7H2,1-3H3,(H,13,14,15). The number of nitrogens with zero attached hydrogens (tertiary/aromatic N) is 2. The smallest absolute Gasteiger partial charge is 0.132 e. The second kappa shape index (κ2) is 4.62. The fourth-order valence-electron chi connectivity index (χ4n) is 1.88. The summed E-state index contributed by atoms with van der Waals surface area (Å²) in [5.74, 6) is 1.05. The molecule has 1 aromatic rings. The second-order valence-electron chi connectivity index (χ2n) is 4.82. The lowest BCUT2D eigenvalue weighted by atomic mass is 10.2. The minimum absolute atomic E-state index is 0.246. The first-order chi connectivity index (χ1) is 7.62. The first kappa shape index (κ1) is 11.7. The summed E-state index contributed by atoms with van der Waals surface area (Å²) in [5, 5.41) is 3.46. The van der Waals surface area contributed by atoms with E-state index in [1.165, 1.54) is 17.7 Å². The predicted molar refractivity (Wildman–Crippen MR) is 70.1 cm³/mol. The predicted octanol–water partition coefficient (Wildman–Crippen LogP) is 2.52. The molecule has 1 N–H and O–H groups in total. The van der Waals surface area contributed by atoms with Gasteiger partial charge in [0.2, 0.25) is 0 Å². The number of aryl methyl sites for hydroxylation is 1. The van der Waals surface area contributed by atoms with E-state index in [0.29, 0.717) is 0 Å². The molecule has 0 bridgehead atoms. The molecule has 1 heterocycles. The van der Waals surface area contributed by atoms with Crippen LogP contribution in [-0.2, 0) is 12.8 Å². The van der Waals surface area contributed by atoms with Gasteiger partial charge in [0.05, 0.1) is 0 Å². The highest BCUT2D eigenvalue weighted by molar-refractivity contribution is 7.99. The summed E-state index contributed by atoms with van der Waals surface area (Å²) in [4.78, 5) is 8.68. The molecule has 0 radical (unpaired) electrons. The van der Waals surface area contributed by atoms with Crippen molar-refractivity contribution < 1.29 is 0 Å². The van der Waals surface area contributed by atoms with Gasteiger partial charge in [0.1, 0.15) is 12.1 Å². The Morgan fingerprint density at radius 2 is 2.19 bits per heavy atom. The number of rotatable bonds is 4. The molecule has 4 heteroatoms. The Morgan fingerprint density at radius 1 is 1.38 bits per heavy atom. The maximum absolute atomic E-state index is 4.36. The number of nitrogens with one attached hydrogen (secondary N) is 1. The molecule has 2 rings (SSSR count). The molecular formula is C12H19N3S. The van der Waals surface area contributed by atoms with E-state index in [0.717, 1.165) is 25.2 Å². The van der Waals surface area contributed by atoms with Crippen LogP contribution in [0.3, 0.4) is 0 Å². The van der Waals surface area contributed by atoms with Gasteiger partial charge in [0.25, 0.3) is 0 Å². The molecule has 0 atom stereocenters. The Balaban J connectivity index is 2.08. The van der Waals surface area contributed by atoms with Gasteiger partial charge in [0, 0.05) is 22.5 Å². The van der Waals surface area contributed by atoms with Crippen LogP contribution < -0.4 is 5.32 Å². The first-order valence-electron chi connectivity index (χ1n) is 5.74. The van der Waals surface area contributed by atoms with Gasteiger partial charge in [-0.15, -0.1) is 0 Å². The van der Waals surface area contributed by atoms with Gasteiger partial charge in [-0.3, -0.25) is 0 Å². The topological polar surface area (TPSA) is 37.8 Å². The zero-order valence-corrected chi connectivity index (χ0v) is 11.0. The summed E-state index contributed by atoms with van der Waals surface area (Å²) >= 11 is 1.87. The fourth-order valence-corrected chi connectivity index (χ4v) is 2.10. The molecule has 1 aliphatic carbocycles. The van der Waals surface area contributed by atoms with E-state index in [1.54, 1.807) is 6.33 Å². The van der Waals surface area contributed by atoms with Gasteiger partial charge in [-0.05, 0) is 39.4 Å². The number of aromatic nitrogens is 2. The summed E-state index contributed by atoms with van der Waals surface area (Å²) in [6, 6.07) is 0. The van der Waals surface area contributed by atoms with Crippen LogP contribution >= 0.6 is 11.8 Å². The number of hydrogen-bond acceptors (Lipinski definition) is 4. The van der Waals surface area contributed by atoms with Gasteiger partial charge in [-0.25, -0.2) is 9.97 Å². The Morgan fingerprint density at radius 3 is 2.94 bits per heavy atom. The van der Waals surface area contributed by atoms with Crippen molar-refractivity contribution in [2.75, 3.05) is 18.1 Å². The molecule has 16 heavy (non-hydrogen) atoms. The van der Waals surface area contributed by atoms with Crippen LogP contribution in [0.4, 0.5) is 5.82 Å². The van der Waals surface area contributed by atoms with E-state index in [-0.39, 0.29) is 4.75 Å². The van der Waals surface area contributed by atoms with Gasteiger partial charge in [0.15, 0.2) is 0 Å². The van der Waals surface area contributed by atoms with E-state index in [2.05, 4.69) is 35.4 Å². The number of hydrogen-bond donors (Lipinski definition) is 1. The first-order valence-corrected chi connectivity index (χ1v) is 6.96. The zero-order chi connectivity index (χ0) is 11.6. The van der Waals surface area contributed by atoms with Crippen molar-refractivity contribution in [3.05, 3.63) is 17.6 Å². The molecule has 3 nitrogen and oxygen atoms in total. The van der Waals surface area contributed by atoms with Crippen LogP contribution in [0.1, 0.15) is 31.5 Å². The highest BCUT2D eigenvalue weighted by atomic mass is 32.2. The van der Waals surface area contributed by atoms with E-state index in [9.17, 15) is 0 Å². The molecule has 88 valence electrons. The Labute approximate surface area is 101 Å². The monoisotopic (exact) mass is 237 g/mol. The lowest BCUT2D eigenvalue weighted by molar-refractivity contribution is 0.748. The van der Waals surface area contributed by atoms with Crippen LogP contribution in [0.2, 0.25) is 0 Å². The average molecular weight is 237 g/mol. The average Bonchev–Trinajstić information content (AvgIpc) is 2.75. The van der Waals surface area contributed by atoms with Gasteiger partial charge in [-0.2, -0.15) is 11.8 Å². The molecule has 0 fully saturated rings. The van der Waals surface area contributed by atoms with Crippen molar-refractivity contribution in [2.24, 2.45) is 0 Å². The summed E-state index contributed by atoms with van der Waals surface area (Å²) in [6.07, 6.45) is 7.27. The van der Waals surface area contributed by atoms with Gasteiger partial charge in [-0.1, -0.05) is 0 Å². The van der Waals surface area contributed by atoms with Crippen LogP contribution in [0.25, 0.3) is 0 Å². The quantitative estimate of drug-likeness (QED) is 0.873. The van der Waals surface area contributed by atoms with Gasteiger partial charge >= 0.3 is 0 Å². The van der Waals surface area contributed by atoms with E-state index in [4.69, 9.17) is 0 Å². The second-order valence-corrected chi connectivity index (χ2v) is 6.33. The zero-order valence-electron chi connectivity index (χ0n) is 10.2.